The number of nitrogens with one attached hydrogen (secondary N) is 1. The molecule has 0 saturated heterocycles. The summed E-state index contributed by atoms with van der Waals surface area (Å²) in [5.74, 6) is 0.484. The predicted octanol–water partition coefficient (Wildman–Crippen LogP) is 2.43. The minimum Gasteiger partial charge on any atom is -0.397 e. The smallest absolute Gasteiger partial charge is 0.253 e. The predicted molar refractivity (Wildman–Crippen MR) is 76.8 cm³/mol. The number of nitrogens with zero attached hydrogens (tertiary/aromatic N) is 1. The van der Waals surface area contributed by atoms with Gasteiger partial charge in [0, 0.05) is 25.7 Å². The van der Waals surface area contributed by atoms with Gasteiger partial charge in [-0.15, -0.1) is 0 Å². The van der Waals surface area contributed by atoms with E-state index in [0.29, 0.717) is 23.2 Å². The largest absolute Gasteiger partial charge is 0.397 e. The lowest BCUT2D eigenvalue weighted by molar-refractivity contribution is 0.0827. The third-order valence-electron chi connectivity index (χ3n) is 3.09. The van der Waals surface area contributed by atoms with Crippen LogP contribution in [0, 0.1) is 5.92 Å². The fourth-order valence-electron chi connectivity index (χ4n) is 1.50. The molecule has 0 aromatic heterocycles. The van der Waals surface area contributed by atoms with E-state index in [9.17, 15) is 4.79 Å². The first-order valence-corrected chi connectivity index (χ1v) is 6.20. The molecule has 0 aliphatic rings. The molecular formula is C14H23N3O. The molecule has 100 valence electrons. The van der Waals surface area contributed by atoms with Crippen molar-refractivity contribution < 1.29 is 4.79 Å². The van der Waals surface area contributed by atoms with Gasteiger partial charge >= 0.3 is 0 Å². The maximum absolute atomic E-state index is 11.8. The first-order valence-electron chi connectivity index (χ1n) is 6.20. The lowest BCUT2D eigenvalue weighted by Crippen LogP contribution is -2.23. The van der Waals surface area contributed by atoms with E-state index in [1.165, 1.54) is 0 Å². The summed E-state index contributed by atoms with van der Waals surface area (Å²) in [4.78, 5) is 13.3. The van der Waals surface area contributed by atoms with E-state index in [0.717, 1.165) is 5.69 Å². The van der Waals surface area contributed by atoms with E-state index >= 15 is 0 Å². The van der Waals surface area contributed by atoms with Crippen LogP contribution >= 0.6 is 0 Å². The Morgan fingerprint density at radius 3 is 2.33 bits per heavy atom. The molecule has 1 rings (SSSR count). The Labute approximate surface area is 109 Å². The molecule has 4 nitrogen and oxygen atoms in total. The van der Waals surface area contributed by atoms with Crippen molar-refractivity contribution in [1.29, 1.82) is 0 Å². The Morgan fingerprint density at radius 2 is 1.89 bits per heavy atom. The van der Waals surface area contributed by atoms with Crippen LogP contribution in [0.2, 0.25) is 0 Å². The zero-order chi connectivity index (χ0) is 13.9. The standard InChI is InChI=1S/C14H23N3O/c1-9(2)10(3)16-13-7-6-11(8-12(13)15)14(18)17(4)5/h6-10,16H,15H2,1-5H3. The molecule has 0 bridgehead atoms. The van der Waals surface area contributed by atoms with Gasteiger partial charge in [-0.25, -0.2) is 0 Å². The number of amides is 1. The SMILES string of the molecule is CC(C)C(C)Nc1ccc(C(=O)N(C)C)cc1N. The van der Waals surface area contributed by atoms with Crippen LogP contribution in [0.3, 0.4) is 0 Å². The van der Waals surface area contributed by atoms with Gasteiger partial charge in [0.2, 0.25) is 0 Å². The highest BCUT2D eigenvalue weighted by molar-refractivity contribution is 5.95. The molecule has 0 radical (unpaired) electrons. The van der Waals surface area contributed by atoms with Crippen LogP contribution in [-0.2, 0) is 0 Å². The molecule has 1 aromatic rings. The molecule has 0 fully saturated rings. The molecule has 1 atom stereocenters. The number of benzene rings is 1. The van der Waals surface area contributed by atoms with Crippen molar-refractivity contribution in [2.24, 2.45) is 5.92 Å². The van der Waals surface area contributed by atoms with Crippen LogP contribution in [0.5, 0.6) is 0 Å². The second-order valence-corrected chi connectivity index (χ2v) is 5.18. The Hall–Kier alpha value is -1.71. The van der Waals surface area contributed by atoms with E-state index in [1.807, 2.05) is 6.07 Å². The van der Waals surface area contributed by atoms with E-state index < -0.39 is 0 Å². The summed E-state index contributed by atoms with van der Waals surface area (Å²) >= 11 is 0. The number of rotatable bonds is 4. The first kappa shape index (κ1) is 14.4. The van der Waals surface area contributed by atoms with Crippen molar-refractivity contribution in [3.63, 3.8) is 0 Å². The van der Waals surface area contributed by atoms with Crippen LogP contribution in [0.1, 0.15) is 31.1 Å². The van der Waals surface area contributed by atoms with Crippen LogP contribution in [0.25, 0.3) is 0 Å². The number of anilines is 2. The average molecular weight is 249 g/mol. The maximum Gasteiger partial charge on any atom is 0.253 e. The van der Waals surface area contributed by atoms with Gasteiger partial charge in [-0.3, -0.25) is 4.79 Å². The minimum atomic E-state index is -0.0369. The Balaban J connectivity index is 2.90. The second-order valence-electron chi connectivity index (χ2n) is 5.18. The molecule has 18 heavy (non-hydrogen) atoms. The van der Waals surface area contributed by atoms with Gasteiger partial charge in [-0.1, -0.05) is 13.8 Å². The molecule has 0 saturated carbocycles. The zero-order valence-electron chi connectivity index (χ0n) is 11.8. The van der Waals surface area contributed by atoms with E-state index in [1.54, 1.807) is 31.1 Å². The van der Waals surface area contributed by atoms with Gasteiger partial charge in [0.1, 0.15) is 0 Å². The topological polar surface area (TPSA) is 58.4 Å². The number of carbonyl (C=O) groups excluding carboxylic acids is 1. The van der Waals surface area contributed by atoms with E-state index in [-0.39, 0.29) is 5.91 Å². The van der Waals surface area contributed by atoms with Crippen LogP contribution < -0.4 is 11.1 Å². The molecule has 0 aliphatic carbocycles. The molecule has 4 heteroatoms. The van der Waals surface area contributed by atoms with E-state index in [2.05, 4.69) is 26.1 Å². The van der Waals surface area contributed by atoms with Gasteiger partial charge in [0.15, 0.2) is 0 Å². The highest BCUT2D eigenvalue weighted by Crippen LogP contribution is 2.22. The molecule has 0 heterocycles. The summed E-state index contributed by atoms with van der Waals surface area (Å²) in [6.45, 7) is 6.42. The maximum atomic E-state index is 11.8. The number of nitrogen functional groups attached to an aromatic ring is 1. The molecule has 1 amide bonds. The van der Waals surface area contributed by atoms with Crippen LogP contribution in [0.4, 0.5) is 11.4 Å². The third kappa shape index (κ3) is 3.39. The van der Waals surface area contributed by atoms with Gasteiger partial charge in [-0.2, -0.15) is 0 Å². The van der Waals surface area contributed by atoms with Crippen molar-refractivity contribution in [2.45, 2.75) is 26.8 Å². The zero-order valence-corrected chi connectivity index (χ0v) is 11.8. The first-order chi connectivity index (χ1) is 8.32. The summed E-state index contributed by atoms with van der Waals surface area (Å²) in [5.41, 5.74) is 8.07. The molecular weight excluding hydrogens is 226 g/mol. The Morgan fingerprint density at radius 1 is 1.28 bits per heavy atom. The fourth-order valence-corrected chi connectivity index (χ4v) is 1.50. The average Bonchev–Trinajstić information content (AvgIpc) is 2.30. The summed E-state index contributed by atoms with van der Waals surface area (Å²) in [7, 11) is 3.46. The van der Waals surface area contributed by atoms with Crippen LogP contribution in [0.15, 0.2) is 18.2 Å². The number of carbonyl (C=O) groups is 1. The molecule has 0 aliphatic heterocycles. The summed E-state index contributed by atoms with van der Waals surface area (Å²) < 4.78 is 0. The lowest BCUT2D eigenvalue weighted by Gasteiger charge is -2.20. The number of nitrogens with two attached hydrogens (primary N) is 1. The molecule has 1 unspecified atom stereocenters. The summed E-state index contributed by atoms with van der Waals surface area (Å²) in [5, 5.41) is 3.36. The Bertz CT molecular complexity index is 427. The highest BCUT2D eigenvalue weighted by atomic mass is 16.2. The molecule has 0 spiro atoms. The summed E-state index contributed by atoms with van der Waals surface area (Å²) in [6, 6.07) is 5.72. The van der Waals surface area contributed by atoms with Gasteiger partial charge < -0.3 is 16.0 Å². The van der Waals surface area contributed by atoms with Crippen molar-refractivity contribution in [3.05, 3.63) is 23.8 Å². The Kier molecular flexibility index (Phi) is 4.59. The molecule has 3 N–H and O–H groups in total. The van der Waals surface area contributed by atoms with E-state index in [4.69, 9.17) is 5.73 Å². The minimum absolute atomic E-state index is 0.0369. The van der Waals surface area contributed by atoms with Gasteiger partial charge in [0.05, 0.1) is 11.4 Å². The number of hydrogen-bond donors (Lipinski definition) is 2. The van der Waals surface area contributed by atoms with Crippen LogP contribution in [-0.4, -0.2) is 30.9 Å². The monoisotopic (exact) mass is 249 g/mol. The van der Waals surface area contributed by atoms with Gasteiger partial charge in [-0.05, 0) is 31.0 Å². The molecule has 1 aromatic carbocycles. The van der Waals surface area contributed by atoms with Crippen molar-refractivity contribution >= 4 is 17.3 Å². The lowest BCUT2D eigenvalue weighted by atomic mass is 10.1. The van der Waals surface area contributed by atoms with Gasteiger partial charge in [0.25, 0.3) is 5.91 Å². The normalized spacial score (nSPS) is 12.3. The van der Waals surface area contributed by atoms with Crippen molar-refractivity contribution in [3.8, 4) is 0 Å². The quantitative estimate of drug-likeness (QED) is 0.806. The van der Waals surface area contributed by atoms with Crippen molar-refractivity contribution in [2.75, 3.05) is 25.1 Å². The highest BCUT2D eigenvalue weighted by Gasteiger charge is 2.12. The second kappa shape index (κ2) is 5.76. The number of hydrogen-bond acceptors (Lipinski definition) is 3. The fraction of sp³-hybridized carbons (Fsp3) is 0.500. The van der Waals surface area contributed by atoms with Crippen molar-refractivity contribution in [1.82, 2.24) is 4.90 Å². The summed E-state index contributed by atoms with van der Waals surface area (Å²) in [6.07, 6.45) is 0. The third-order valence-corrected chi connectivity index (χ3v) is 3.09.